The van der Waals surface area contributed by atoms with Gasteiger partial charge in [-0.15, -0.1) is 0 Å². The number of rotatable bonds is 6. The summed E-state index contributed by atoms with van der Waals surface area (Å²) in [5.74, 6) is 1.31. The van der Waals surface area contributed by atoms with Gasteiger partial charge in [-0.3, -0.25) is 4.90 Å². The lowest BCUT2D eigenvalue weighted by Gasteiger charge is -2.34. The van der Waals surface area contributed by atoms with Crippen molar-refractivity contribution < 1.29 is 9.32 Å². The minimum Gasteiger partial charge on any atom is -0.339 e. The SMILES string of the molecule is Cc1ccc(NC(=O)N2CCN(CCCc3nc(-c4ccc(C)cc4)no3)CC2)cc1. The zero-order chi connectivity index (χ0) is 21.6. The maximum atomic E-state index is 12.5. The van der Waals surface area contributed by atoms with Crippen LogP contribution >= 0.6 is 0 Å². The average Bonchev–Trinajstić information content (AvgIpc) is 3.25. The van der Waals surface area contributed by atoms with Crippen molar-refractivity contribution in [3.8, 4) is 11.4 Å². The lowest BCUT2D eigenvalue weighted by Crippen LogP contribution is -2.50. The van der Waals surface area contributed by atoms with Gasteiger partial charge < -0.3 is 14.7 Å². The zero-order valence-corrected chi connectivity index (χ0v) is 18.2. The summed E-state index contributed by atoms with van der Waals surface area (Å²) in [4.78, 5) is 21.2. The van der Waals surface area contributed by atoms with Gasteiger partial charge in [0.1, 0.15) is 0 Å². The van der Waals surface area contributed by atoms with Gasteiger partial charge in [-0.1, -0.05) is 52.7 Å². The summed E-state index contributed by atoms with van der Waals surface area (Å²) in [6, 6.07) is 16.0. The van der Waals surface area contributed by atoms with Gasteiger partial charge in [0.05, 0.1) is 0 Å². The first kappa shape index (κ1) is 21.1. The second kappa shape index (κ2) is 9.75. The molecule has 1 fully saturated rings. The molecule has 2 heterocycles. The second-order valence-corrected chi connectivity index (χ2v) is 8.11. The Kier molecular flexibility index (Phi) is 6.62. The first-order chi connectivity index (χ1) is 15.1. The Morgan fingerprint density at radius 2 is 1.61 bits per heavy atom. The van der Waals surface area contributed by atoms with Gasteiger partial charge in [-0.2, -0.15) is 4.98 Å². The highest BCUT2D eigenvalue weighted by Gasteiger charge is 2.21. The van der Waals surface area contributed by atoms with Crippen LogP contribution in [-0.2, 0) is 6.42 Å². The van der Waals surface area contributed by atoms with Crippen LogP contribution in [-0.4, -0.2) is 58.7 Å². The number of amides is 2. The number of aryl methyl sites for hydroxylation is 3. The van der Waals surface area contributed by atoms with Crippen LogP contribution in [0.5, 0.6) is 0 Å². The third-order valence-electron chi connectivity index (χ3n) is 5.61. The molecular formula is C24H29N5O2. The molecule has 1 saturated heterocycles. The fourth-order valence-electron chi connectivity index (χ4n) is 3.64. The van der Waals surface area contributed by atoms with Gasteiger partial charge in [-0.05, 0) is 38.9 Å². The number of nitrogens with zero attached hydrogens (tertiary/aromatic N) is 4. The van der Waals surface area contributed by atoms with Crippen LogP contribution in [0.2, 0.25) is 0 Å². The lowest BCUT2D eigenvalue weighted by atomic mass is 10.1. The number of anilines is 1. The third kappa shape index (κ3) is 5.70. The second-order valence-electron chi connectivity index (χ2n) is 8.11. The smallest absolute Gasteiger partial charge is 0.321 e. The predicted octanol–water partition coefficient (Wildman–Crippen LogP) is 4.14. The van der Waals surface area contributed by atoms with Crippen molar-refractivity contribution in [2.75, 3.05) is 38.0 Å². The fraction of sp³-hybridized carbons (Fsp3) is 0.375. The van der Waals surface area contributed by atoms with E-state index in [1.165, 1.54) is 11.1 Å². The molecule has 0 aliphatic carbocycles. The van der Waals surface area contributed by atoms with Gasteiger partial charge in [-0.25, -0.2) is 4.79 Å². The Morgan fingerprint density at radius 1 is 0.968 bits per heavy atom. The fourth-order valence-corrected chi connectivity index (χ4v) is 3.64. The summed E-state index contributed by atoms with van der Waals surface area (Å²) >= 11 is 0. The van der Waals surface area contributed by atoms with E-state index in [0.717, 1.165) is 56.8 Å². The molecule has 1 aromatic heterocycles. The summed E-state index contributed by atoms with van der Waals surface area (Å²) in [6.45, 7) is 8.26. The minimum absolute atomic E-state index is 0.0296. The van der Waals surface area contributed by atoms with Gasteiger partial charge in [0, 0.05) is 43.9 Å². The van der Waals surface area contributed by atoms with Crippen LogP contribution in [0.4, 0.5) is 10.5 Å². The number of hydrogen-bond donors (Lipinski definition) is 1. The molecule has 7 nitrogen and oxygen atoms in total. The number of hydrogen-bond acceptors (Lipinski definition) is 5. The molecule has 7 heteroatoms. The number of nitrogens with one attached hydrogen (secondary N) is 1. The van der Waals surface area contributed by atoms with Crippen molar-refractivity contribution in [3.63, 3.8) is 0 Å². The molecule has 0 spiro atoms. The number of urea groups is 1. The number of aromatic nitrogens is 2. The predicted molar refractivity (Wildman–Crippen MR) is 121 cm³/mol. The molecule has 0 radical (unpaired) electrons. The first-order valence-electron chi connectivity index (χ1n) is 10.8. The van der Waals surface area contributed by atoms with E-state index in [2.05, 4.69) is 27.3 Å². The number of benzene rings is 2. The standard InChI is InChI=1S/C24H29N5O2/c1-18-5-9-20(10-6-18)23-26-22(31-27-23)4-3-13-28-14-16-29(17-15-28)24(30)25-21-11-7-19(2)8-12-21/h5-12H,3-4,13-17H2,1-2H3,(H,25,30). The van der Waals surface area contributed by atoms with E-state index < -0.39 is 0 Å². The van der Waals surface area contributed by atoms with Crippen molar-refractivity contribution in [2.45, 2.75) is 26.7 Å². The van der Waals surface area contributed by atoms with Gasteiger partial charge in [0.25, 0.3) is 0 Å². The lowest BCUT2D eigenvalue weighted by molar-refractivity contribution is 0.146. The molecule has 2 aromatic carbocycles. The first-order valence-corrected chi connectivity index (χ1v) is 10.8. The molecule has 0 unspecified atom stereocenters. The van der Waals surface area contributed by atoms with E-state index in [9.17, 15) is 4.79 Å². The van der Waals surface area contributed by atoms with E-state index in [-0.39, 0.29) is 6.03 Å². The van der Waals surface area contributed by atoms with E-state index >= 15 is 0 Å². The summed E-state index contributed by atoms with van der Waals surface area (Å²) < 4.78 is 5.41. The van der Waals surface area contributed by atoms with Crippen molar-refractivity contribution >= 4 is 11.7 Å². The molecule has 162 valence electrons. The third-order valence-corrected chi connectivity index (χ3v) is 5.61. The number of carbonyl (C=O) groups is 1. The summed E-state index contributed by atoms with van der Waals surface area (Å²) in [5, 5.41) is 7.08. The summed E-state index contributed by atoms with van der Waals surface area (Å²) in [6.07, 6.45) is 1.71. The molecule has 31 heavy (non-hydrogen) atoms. The minimum atomic E-state index is -0.0296. The van der Waals surface area contributed by atoms with Crippen molar-refractivity contribution in [3.05, 3.63) is 65.5 Å². The zero-order valence-electron chi connectivity index (χ0n) is 18.2. The molecule has 4 rings (SSSR count). The largest absolute Gasteiger partial charge is 0.339 e. The molecule has 0 bridgehead atoms. The maximum Gasteiger partial charge on any atom is 0.321 e. The van der Waals surface area contributed by atoms with Crippen LogP contribution in [0, 0.1) is 13.8 Å². The quantitative estimate of drug-likeness (QED) is 0.650. The number of piperazine rings is 1. The van der Waals surface area contributed by atoms with Crippen molar-refractivity contribution in [2.24, 2.45) is 0 Å². The number of carbonyl (C=O) groups excluding carboxylic acids is 1. The normalized spacial score (nSPS) is 14.6. The Hall–Kier alpha value is -3.19. The molecule has 0 atom stereocenters. The summed E-state index contributed by atoms with van der Waals surface area (Å²) in [7, 11) is 0. The van der Waals surface area contributed by atoms with Gasteiger partial charge in [0.15, 0.2) is 0 Å². The monoisotopic (exact) mass is 419 g/mol. The Bertz CT molecular complexity index is 990. The topological polar surface area (TPSA) is 74.5 Å². The maximum absolute atomic E-state index is 12.5. The van der Waals surface area contributed by atoms with E-state index in [4.69, 9.17) is 4.52 Å². The van der Waals surface area contributed by atoms with Crippen LogP contribution in [0.1, 0.15) is 23.4 Å². The average molecular weight is 420 g/mol. The Morgan fingerprint density at radius 3 is 2.29 bits per heavy atom. The van der Waals surface area contributed by atoms with E-state index in [1.54, 1.807) is 0 Å². The van der Waals surface area contributed by atoms with E-state index in [1.807, 2.05) is 60.4 Å². The highest BCUT2D eigenvalue weighted by atomic mass is 16.5. The molecule has 2 amide bonds. The van der Waals surface area contributed by atoms with Gasteiger partial charge >= 0.3 is 6.03 Å². The van der Waals surface area contributed by atoms with Crippen LogP contribution in [0.25, 0.3) is 11.4 Å². The van der Waals surface area contributed by atoms with Crippen molar-refractivity contribution in [1.29, 1.82) is 0 Å². The van der Waals surface area contributed by atoms with Crippen LogP contribution in [0.15, 0.2) is 53.1 Å². The highest BCUT2D eigenvalue weighted by Crippen LogP contribution is 2.17. The molecule has 0 saturated carbocycles. The highest BCUT2D eigenvalue weighted by molar-refractivity contribution is 5.89. The summed E-state index contributed by atoms with van der Waals surface area (Å²) in [5.41, 5.74) is 4.20. The molecular weight excluding hydrogens is 390 g/mol. The van der Waals surface area contributed by atoms with E-state index in [0.29, 0.717) is 11.7 Å². The molecule has 1 aliphatic heterocycles. The van der Waals surface area contributed by atoms with Gasteiger partial charge in [0.2, 0.25) is 11.7 Å². The van der Waals surface area contributed by atoms with Crippen LogP contribution < -0.4 is 5.32 Å². The molecule has 3 aromatic rings. The Labute approximate surface area is 183 Å². The molecule has 1 N–H and O–H groups in total. The Balaban J connectivity index is 1.18. The van der Waals surface area contributed by atoms with Crippen LogP contribution in [0.3, 0.4) is 0 Å². The molecule has 1 aliphatic rings. The van der Waals surface area contributed by atoms with Crippen molar-refractivity contribution in [1.82, 2.24) is 19.9 Å².